The van der Waals surface area contributed by atoms with Gasteiger partial charge in [-0.1, -0.05) is 42.5 Å². The van der Waals surface area contributed by atoms with Crippen LogP contribution < -0.4 is 10.1 Å². The Morgan fingerprint density at radius 1 is 1.00 bits per heavy atom. The van der Waals surface area contributed by atoms with Gasteiger partial charge in [0.05, 0.1) is 11.6 Å². The Kier molecular flexibility index (Phi) is 4.72. The van der Waals surface area contributed by atoms with Gasteiger partial charge in [0.15, 0.2) is 0 Å². The van der Waals surface area contributed by atoms with E-state index < -0.39 is 5.97 Å². The van der Waals surface area contributed by atoms with E-state index in [4.69, 9.17) is 4.74 Å². The Morgan fingerprint density at radius 2 is 1.62 bits per heavy atom. The highest BCUT2D eigenvalue weighted by Crippen LogP contribution is 2.20. The second kappa shape index (κ2) is 6.70. The second-order valence-electron chi connectivity index (χ2n) is 4.70. The molecule has 0 radical (unpaired) electrons. The van der Waals surface area contributed by atoms with Gasteiger partial charge in [-0.2, -0.15) is 0 Å². The van der Waals surface area contributed by atoms with Gasteiger partial charge in [-0.25, -0.2) is 0 Å². The number of rotatable bonds is 4. The van der Waals surface area contributed by atoms with Crippen LogP contribution in [0.4, 0.5) is 0 Å². The van der Waals surface area contributed by atoms with Crippen LogP contribution in [0.2, 0.25) is 0 Å². The average molecular weight is 283 g/mol. The van der Waals surface area contributed by atoms with Crippen molar-refractivity contribution < 1.29 is 14.3 Å². The highest BCUT2D eigenvalue weighted by Gasteiger charge is 2.16. The number of benzene rings is 2. The van der Waals surface area contributed by atoms with Crippen LogP contribution in [-0.4, -0.2) is 11.9 Å². The van der Waals surface area contributed by atoms with Crippen LogP contribution in [-0.2, 0) is 4.79 Å². The molecule has 0 fully saturated rings. The van der Waals surface area contributed by atoms with Gasteiger partial charge in [0.25, 0.3) is 5.91 Å². The van der Waals surface area contributed by atoms with E-state index >= 15 is 0 Å². The first-order chi connectivity index (χ1) is 10.1. The maximum absolute atomic E-state index is 12.3. The number of ether oxygens (including phenoxy) is 1. The molecule has 2 aromatic rings. The van der Waals surface area contributed by atoms with Gasteiger partial charge in [-0.05, 0) is 24.6 Å². The van der Waals surface area contributed by atoms with E-state index in [1.165, 1.54) is 6.92 Å². The molecule has 0 unspecified atom stereocenters. The molecule has 2 rings (SSSR count). The summed E-state index contributed by atoms with van der Waals surface area (Å²) in [6.07, 6.45) is 0. The van der Waals surface area contributed by atoms with Crippen molar-refractivity contribution in [2.45, 2.75) is 19.9 Å². The average Bonchev–Trinajstić information content (AvgIpc) is 2.48. The third kappa shape index (κ3) is 3.92. The molecule has 0 aliphatic carbocycles. The highest BCUT2D eigenvalue weighted by atomic mass is 16.5. The molecule has 0 heterocycles. The molecular weight excluding hydrogens is 266 g/mol. The normalized spacial score (nSPS) is 11.5. The lowest BCUT2D eigenvalue weighted by Crippen LogP contribution is -2.27. The standard InChI is InChI=1S/C17H17NO3/c1-12(14-8-4-3-5-9-14)18-17(20)15-10-6-7-11-16(15)21-13(2)19/h3-12H,1-2H3,(H,18,20)/t12-/m1/s1. The second-order valence-corrected chi connectivity index (χ2v) is 4.70. The molecule has 4 heteroatoms. The van der Waals surface area contributed by atoms with E-state index in [1.807, 2.05) is 37.3 Å². The van der Waals surface area contributed by atoms with E-state index in [-0.39, 0.29) is 17.7 Å². The smallest absolute Gasteiger partial charge is 0.308 e. The third-order valence-electron chi connectivity index (χ3n) is 3.03. The molecule has 0 aliphatic rings. The Hall–Kier alpha value is -2.62. The van der Waals surface area contributed by atoms with Crippen molar-refractivity contribution in [3.63, 3.8) is 0 Å². The first-order valence-corrected chi connectivity index (χ1v) is 6.71. The maximum Gasteiger partial charge on any atom is 0.308 e. The van der Waals surface area contributed by atoms with Crippen molar-refractivity contribution in [1.82, 2.24) is 5.32 Å². The van der Waals surface area contributed by atoms with Crippen LogP contribution >= 0.6 is 0 Å². The number of hydrogen-bond acceptors (Lipinski definition) is 3. The van der Waals surface area contributed by atoms with E-state index in [0.29, 0.717) is 5.56 Å². The molecule has 0 aromatic heterocycles. The van der Waals surface area contributed by atoms with Crippen LogP contribution in [0, 0.1) is 0 Å². The van der Waals surface area contributed by atoms with Crippen molar-refractivity contribution in [3.05, 3.63) is 65.7 Å². The van der Waals surface area contributed by atoms with Gasteiger partial charge < -0.3 is 10.1 Å². The lowest BCUT2D eigenvalue weighted by Gasteiger charge is -2.15. The highest BCUT2D eigenvalue weighted by molar-refractivity contribution is 5.97. The molecule has 0 bridgehead atoms. The van der Waals surface area contributed by atoms with Crippen LogP contribution in [0.3, 0.4) is 0 Å². The van der Waals surface area contributed by atoms with Crippen molar-refractivity contribution in [1.29, 1.82) is 0 Å². The number of nitrogens with one attached hydrogen (secondary N) is 1. The minimum Gasteiger partial charge on any atom is -0.426 e. The van der Waals surface area contributed by atoms with E-state index in [2.05, 4.69) is 5.32 Å². The summed E-state index contributed by atoms with van der Waals surface area (Å²) in [6, 6.07) is 16.2. The van der Waals surface area contributed by atoms with Gasteiger partial charge in [-0.3, -0.25) is 9.59 Å². The van der Waals surface area contributed by atoms with Crippen LogP contribution in [0.5, 0.6) is 5.75 Å². The van der Waals surface area contributed by atoms with Crippen LogP contribution in [0.25, 0.3) is 0 Å². The van der Waals surface area contributed by atoms with Gasteiger partial charge in [0.1, 0.15) is 5.75 Å². The molecule has 21 heavy (non-hydrogen) atoms. The van der Waals surface area contributed by atoms with Crippen molar-refractivity contribution in [3.8, 4) is 5.75 Å². The number of carbonyl (C=O) groups is 2. The van der Waals surface area contributed by atoms with Gasteiger partial charge >= 0.3 is 5.97 Å². The fraction of sp³-hybridized carbons (Fsp3) is 0.176. The minimum absolute atomic E-state index is 0.135. The summed E-state index contributed by atoms with van der Waals surface area (Å²) in [4.78, 5) is 23.4. The van der Waals surface area contributed by atoms with Crippen LogP contribution in [0.1, 0.15) is 35.8 Å². The third-order valence-corrected chi connectivity index (χ3v) is 3.03. The summed E-state index contributed by atoms with van der Waals surface area (Å²) >= 11 is 0. The monoisotopic (exact) mass is 283 g/mol. The molecule has 1 N–H and O–H groups in total. The minimum atomic E-state index is -0.452. The summed E-state index contributed by atoms with van der Waals surface area (Å²) < 4.78 is 5.05. The topological polar surface area (TPSA) is 55.4 Å². The maximum atomic E-state index is 12.3. The Labute approximate surface area is 123 Å². The molecule has 4 nitrogen and oxygen atoms in total. The molecule has 0 spiro atoms. The molecule has 108 valence electrons. The van der Waals surface area contributed by atoms with E-state index in [0.717, 1.165) is 5.56 Å². The zero-order valence-electron chi connectivity index (χ0n) is 12.0. The van der Waals surface area contributed by atoms with Gasteiger partial charge in [0, 0.05) is 6.92 Å². The molecule has 1 amide bonds. The Balaban J connectivity index is 2.15. The fourth-order valence-electron chi connectivity index (χ4n) is 2.00. The first-order valence-electron chi connectivity index (χ1n) is 6.71. The number of amides is 1. The number of carbonyl (C=O) groups excluding carboxylic acids is 2. The SMILES string of the molecule is CC(=O)Oc1ccccc1C(=O)N[C@H](C)c1ccccc1. The fourth-order valence-corrected chi connectivity index (χ4v) is 2.00. The quantitative estimate of drug-likeness (QED) is 0.693. The number of hydrogen-bond donors (Lipinski definition) is 1. The summed E-state index contributed by atoms with van der Waals surface area (Å²) in [5.74, 6) is -0.461. The molecule has 1 atom stereocenters. The molecule has 0 saturated heterocycles. The van der Waals surface area contributed by atoms with Gasteiger partial charge in [-0.15, -0.1) is 0 Å². The zero-order valence-corrected chi connectivity index (χ0v) is 12.0. The summed E-state index contributed by atoms with van der Waals surface area (Å²) in [7, 11) is 0. The predicted octanol–water partition coefficient (Wildman–Crippen LogP) is 3.10. The zero-order chi connectivity index (χ0) is 15.2. The summed E-state index contributed by atoms with van der Waals surface area (Å²) in [6.45, 7) is 3.21. The van der Waals surface area contributed by atoms with Crippen molar-refractivity contribution in [2.75, 3.05) is 0 Å². The Bertz CT molecular complexity index is 637. The lowest BCUT2D eigenvalue weighted by atomic mass is 10.1. The molecule has 0 saturated carbocycles. The predicted molar refractivity (Wildman–Crippen MR) is 80.1 cm³/mol. The number of esters is 1. The Morgan fingerprint density at radius 3 is 2.29 bits per heavy atom. The first kappa shape index (κ1) is 14.8. The van der Waals surface area contributed by atoms with Crippen molar-refractivity contribution in [2.24, 2.45) is 0 Å². The largest absolute Gasteiger partial charge is 0.426 e. The summed E-state index contributed by atoms with van der Waals surface area (Å²) in [5.41, 5.74) is 1.35. The molecule has 2 aromatic carbocycles. The van der Waals surface area contributed by atoms with Crippen molar-refractivity contribution >= 4 is 11.9 Å². The van der Waals surface area contributed by atoms with E-state index in [9.17, 15) is 9.59 Å². The molecular formula is C17H17NO3. The van der Waals surface area contributed by atoms with E-state index in [1.54, 1.807) is 24.3 Å². The van der Waals surface area contributed by atoms with Gasteiger partial charge in [0.2, 0.25) is 0 Å². The lowest BCUT2D eigenvalue weighted by molar-refractivity contribution is -0.131. The van der Waals surface area contributed by atoms with Crippen LogP contribution in [0.15, 0.2) is 54.6 Å². The molecule has 0 aliphatic heterocycles. The number of para-hydroxylation sites is 1. The summed E-state index contributed by atoms with van der Waals surface area (Å²) in [5, 5.41) is 2.90.